The molecule has 170 valence electrons. The average Bonchev–Trinajstić information content (AvgIpc) is 3.22. The normalized spacial score (nSPS) is 14.4. The minimum Gasteiger partial charge on any atom is -0.378 e. The standard InChI is InChI=1S/C23H24N6O3S/c1-33(30,31)27-21-8-3-2-7-20(21)22-10-9-19-16-24-23(26-29(19)22)25-17-5-4-6-18(15-17)28-11-13-32-14-12-28/h2-10,15-16,27H,11-14H2,1H3,(H,25,26). The lowest BCUT2D eigenvalue weighted by molar-refractivity contribution is 0.122. The summed E-state index contributed by atoms with van der Waals surface area (Å²) in [5.41, 5.74) is 4.77. The second-order valence-electron chi connectivity index (χ2n) is 7.83. The van der Waals surface area contributed by atoms with Gasteiger partial charge in [-0.15, -0.1) is 5.10 Å². The van der Waals surface area contributed by atoms with Gasteiger partial charge in [0.15, 0.2) is 0 Å². The van der Waals surface area contributed by atoms with Crippen LogP contribution in [-0.2, 0) is 14.8 Å². The third kappa shape index (κ3) is 4.76. The zero-order chi connectivity index (χ0) is 22.8. The Morgan fingerprint density at radius 2 is 1.82 bits per heavy atom. The predicted octanol–water partition coefficient (Wildman–Crippen LogP) is 3.35. The van der Waals surface area contributed by atoms with Crippen LogP contribution in [0.3, 0.4) is 0 Å². The predicted molar refractivity (Wildman–Crippen MR) is 130 cm³/mol. The number of sulfonamides is 1. The number of nitrogens with one attached hydrogen (secondary N) is 2. The molecule has 0 amide bonds. The van der Waals surface area contributed by atoms with Crippen LogP contribution < -0.4 is 14.9 Å². The molecule has 1 aliphatic rings. The third-order valence-corrected chi connectivity index (χ3v) is 5.97. The first-order valence-corrected chi connectivity index (χ1v) is 12.5. The van der Waals surface area contributed by atoms with E-state index in [9.17, 15) is 8.42 Å². The molecular weight excluding hydrogens is 440 g/mol. The fourth-order valence-electron chi connectivity index (χ4n) is 3.89. The third-order valence-electron chi connectivity index (χ3n) is 5.38. The monoisotopic (exact) mass is 464 g/mol. The van der Waals surface area contributed by atoms with Gasteiger partial charge in [-0.05, 0) is 36.4 Å². The summed E-state index contributed by atoms with van der Waals surface area (Å²) in [5.74, 6) is 0.438. The molecule has 0 spiro atoms. The van der Waals surface area contributed by atoms with Gasteiger partial charge in [0.05, 0.1) is 42.6 Å². The highest BCUT2D eigenvalue weighted by Crippen LogP contribution is 2.30. The number of rotatable bonds is 6. The molecule has 1 aliphatic heterocycles. The highest BCUT2D eigenvalue weighted by molar-refractivity contribution is 7.92. The Hall–Kier alpha value is -3.63. The molecule has 0 radical (unpaired) electrons. The maximum Gasteiger partial charge on any atom is 0.245 e. The first kappa shape index (κ1) is 21.2. The number of aromatic nitrogens is 3. The molecule has 2 N–H and O–H groups in total. The summed E-state index contributed by atoms with van der Waals surface area (Å²) >= 11 is 0. The molecule has 0 bridgehead atoms. The number of benzene rings is 2. The fraction of sp³-hybridized carbons (Fsp3) is 0.217. The summed E-state index contributed by atoms with van der Waals surface area (Å²) in [4.78, 5) is 6.73. The molecular formula is C23H24N6O3S. The second-order valence-corrected chi connectivity index (χ2v) is 9.58. The van der Waals surface area contributed by atoms with E-state index in [2.05, 4.69) is 37.2 Å². The molecule has 2 aromatic heterocycles. The number of hydrogen-bond donors (Lipinski definition) is 2. The Bertz CT molecular complexity index is 1400. The largest absolute Gasteiger partial charge is 0.378 e. The van der Waals surface area contributed by atoms with Gasteiger partial charge < -0.3 is 15.0 Å². The number of para-hydroxylation sites is 1. The summed E-state index contributed by atoms with van der Waals surface area (Å²) in [6, 6.07) is 19.2. The van der Waals surface area contributed by atoms with Gasteiger partial charge in [0.25, 0.3) is 0 Å². The lowest BCUT2D eigenvalue weighted by atomic mass is 10.1. The Balaban J connectivity index is 1.47. The molecule has 33 heavy (non-hydrogen) atoms. The molecule has 4 aromatic rings. The first-order chi connectivity index (χ1) is 16.0. The van der Waals surface area contributed by atoms with Gasteiger partial charge in [0, 0.05) is 30.0 Å². The number of nitrogens with zero attached hydrogens (tertiary/aromatic N) is 4. The number of hydrogen-bond acceptors (Lipinski definition) is 7. The Kier molecular flexibility index (Phi) is 5.61. The van der Waals surface area contributed by atoms with Gasteiger partial charge in [-0.25, -0.2) is 17.9 Å². The van der Waals surface area contributed by atoms with E-state index in [0.717, 1.165) is 60.7 Å². The smallest absolute Gasteiger partial charge is 0.245 e. The van der Waals surface area contributed by atoms with Crippen molar-refractivity contribution in [1.29, 1.82) is 0 Å². The zero-order valence-electron chi connectivity index (χ0n) is 18.1. The van der Waals surface area contributed by atoms with Gasteiger partial charge in [-0.2, -0.15) is 0 Å². The van der Waals surface area contributed by atoms with Gasteiger partial charge >= 0.3 is 0 Å². The number of ether oxygens (including phenoxy) is 1. The van der Waals surface area contributed by atoms with Crippen LogP contribution in [0.1, 0.15) is 0 Å². The quantitative estimate of drug-likeness (QED) is 0.451. The Morgan fingerprint density at radius 3 is 2.64 bits per heavy atom. The molecule has 3 heterocycles. The average molecular weight is 465 g/mol. The van der Waals surface area contributed by atoms with Crippen LogP contribution in [0.15, 0.2) is 66.9 Å². The van der Waals surface area contributed by atoms with E-state index >= 15 is 0 Å². The fourth-order valence-corrected chi connectivity index (χ4v) is 4.47. The summed E-state index contributed by atoms with van der Waals surface area (Å²) in [5, 5.41) is 7.95. The van der Waals surface area contributed by atoms with E-state index in [1.54, 1.807) is 22.8 Å². The van der Waals surface area contributed by atoms with Crippen molar-refractivity contribution in [2.45, 2.75) is 0 Å². The van der Waals surface area contributed by atoms with Crippen LogP contribution in [0.5, 0.6) is 0 Å². The van der Waals surface area contributed by atoms with Crippen LogP contribution in [-0.4, -0.2) is 55.6 Å². The molecule has 1 saturated heterocycles. The molecule has 0 unspecified atom stereocenters. The minimum atomic E-state index is -3.42. The molecule has 0 saturated carbocycles. The van der Waals surface area contributed by atoms with Crippen molar-refractivity contribution < 1.29 is 13.2 Å². The molecule has 9 nitrogen and oxygen atoms in total. The van der Waals surface area contributed by atoms with Crippen molar-refractivity contribution in [2.24, 2.45) is 0 Å². The molecule has 10 heteroatoms. The van der Waals surface area contributed by atoms with Crippen molar-refractivity contribution in [3.8, 4) is 11.3 Å². The van der Waals surface area contributed by atoms with Gasteiger partial charge in [0.1, 0.15) is 0 Å². The van der Waals surface area contributed by atoms with Crippen molar-refractivity contribution >= 4 is 38.6 Å². The SMILES string of the molecule is CS(=O)(=O)Nc1ccccc1-c1ccc2cnc(Nc3cccc(N4CCOCC4)c3)nn12. The van der Waals surface area contributed by atoms with Crippen molar-refractivity contribution in [3.63, 3.8) is 0 Å². The topological polar surface area (TPSA) is 101 Å². The lowest BCUT2D eigenvalue weighted by Gasteiger charge is -2.29. The van der Waals surface area contributed by atoms with Crippen LogP contribution in [0.25, 0.3) is 16.8 Å². The van der Waals surface area contributed by atoms with Crippen molar-refractivity contribution in [1.82, 2.24) is 14.6 Å². The maximum atomic E-state index is 11.8. The molecule has 2 aromatic carbocycles. The highest BCUT2D eigenvalue weighted by Gasteiger charge is 2.14. The van der Waals surface area contributed by atoms with Crippen molar-refractivity contribution in [3.05, 3.63) is 66.9 Å². The number of fused-ring (bicyclic) bond motifs is 1. The summed E-state index contributed by atoms with van der Waals surface area (Å²) < 4.78 is 33.4. The number of morpholine rings is 1. The van der Waals surface area contributed by atoms with E-state index in [0.29, 0.717) is 11.6 Å². The second kappa shape index (κ2) is 8.72. The van der Waals surface area contributed by atoms with E-state index in [4.69, 9.17) is 4.74 Å². The Morgan fingerprint density at radius 1 is 1.00 bits per heavy atom. The first-order valence-electron chi connectivity index (χ1n) is 10.6. The van der Waals surface area contributed by atoms with Crippen LogP contribution in [0, 0.1) is 0 Å². The molecule has 0 atom stereocenters. The lowest BCUT2D eigenvalue weighted by Crippen LogP contribution is -2.36. The van der Waals surface area contributed by atoms with Gasteiger partial charge in [0.2, 0.25) is 16.0 Å². The van der Waals surface area contributed by atoms with E-state index in [1.165, 1.54) is 0 Å². The Labute approximate surface area is 192 Å². The van der Waals surface area contributed by atoms with E-state index < -0.39 is 10.0 Å². The maximum absolute atomic E-state index is 11.8. The summed E-state index contributed by atoms with van der Waals surface area (Å²) in [7, 11) is -3.42. The van der Waals surface area contributed by atoms with Gasteiger partial charge in [-0.3, -0.25) is 4.72 Å². The van der Waals surface area contributed by atoms with E-state index in [1.807, 2.05) is 36.4 Å². The van der Waals surface area contributed by atoms with Gasteiger partial charge in [-0.1, -0.05) is 24.3 Å². The molecule has 0 aliphatic carbocycles. The van der Waals surface area contributed by atoms with Crippen LogP contribution in [0.2, 0.25) is 0 Å². The molecule has 5 rings (SSSR count). The summed E-state index contributed by atoms with van der Waals surface area (Å²) in [6.45, 7) is 3.17. The highest BCUT2D eigenvalue weighted by atomic mass is 32.2. The zero-order valence-corrected chi connectivity index (χ0v) is 18.9. The van der Waals surface area contributed by atoms with E-state index in [-0.39, 0.29) is 0 Å². The number of anilines is 4. The molecule has 1 fully saturated rings. The summed E-state index contributed by atoms with van der Waals surface area (Å²) in [6.07, 6.45) is 2.87. The van der Waals surface area contributed by atoms with Crippen LogP contribution in [0.4, 0.5) is 23.0 Å². The van der Waals surface area contributed by atoms with Crippen molar-refractivity contribution in [2.75, 3.05) is 47.5 Å². The van der Waals surface area contributed by atoms with Crippen LogP contribution >= 0.6 is 0 Å². The minimum absolute atomic E-state index is 0.438.